The molecule has 2 aliphatic rings. The number of fused-ring (bicyclic) bond motifs is 3. The average molecular weight is 353 g/mol. The lowest BCUT2D eigenvalue weighted by Gasteiger charge is -2.35. The van der Waals surface area contributed by atoms with Crippen LogP contribution in [0.3, 0.4) is 0 Å². The number of carbonyl (C=O) groups is 2. The number of carboxylic acids is 1. The van der Waals surface area contributed by atoms with Gasteiger partial charge in [-0.2, -0.15) is 0 Å². The van der Waals surface area contributed by atoms with E-state index in [0.29, 0.717) is 17.9 Å². The van der Waals surface area contributed by atoms with Gasteiger partial charge in [0, 0.05) is 30.1 Å². The van der Waals surface area contributed by atoms with Crippen molar-refractivity contribution in [3.63, 3.8) is 0 Å². The fourth-order valence-corrected chi connectivity index (χ4v) is 3.93. The van der Waals surface area contributed by atoms with Crippen LogP contribution < -0.4 is 4.74 Å². The number of likely N-dealkylation sites (tertiary alicyclic amines) is 1. The summed E-state index contributed by atoms with van der Waals surface area (Å²) in [4.78, 5) is 26.6. The molecule has 0 spiro atoms. The van der Waals surface area contributed by atoms with Crippen LogP contribution in [0.1, 0.15) is 27.4 Å². The molecule has 0 aromatic heterocycles. The molecule has 4 rings (SSSR count). The van der Waals surface area contributed by atoms with E-state index in [2.05, 4.69) is 0 Å². The first-order valence-electron chi connectivity index (χ1n) is 8.49. The largest absolute Gasteiger partial charge is 0.492 e. The van der Waals surface area contributed by atoms with E-state index in [1.807, 2.05) is 24.3 Å². The fourth-order valence-electron chi connectivity index (χ4n) is 3.93. The molecular formula is C20H19NO5. The summed E-state index contributed by atoms with van der Waals surface area (Å²) in [6.45, 7) is 0.420. The lowest BCUT2D eigenvalue weighted by molar-refractivity contribution is -0.151. The van der Waals surface area contributed by atoms with Crippen LogP contribution >= 0.6 is 0 Å². The summed E-state index contributed by atoms with van der Waals surface area (Å²) in [5, 5.41) is 19.0. The van der Waals surface area contributed by atoms with Crippen LogP contribution in [0.15, 0.2) is 48.5 Å². The molecule has 134 valence electrons. The van der Waals surface area contributed by atoms with Crippen molar-refractivity contribution in [3.8, 4) is 5.75 Å². The van der Waals surface area contributed by atoms with E-state index in [9.17, 15) is 14.7 Å². The quantitative estimate of drug-likeness (QED) is 0.880. The van der Waals surface area contributed by atoms with Crippen molar-refractivity contribution in [3.05, 3.63) is 65.2 Å². The van der Waals surface area contributed by atoms with Crippen LogP contribution in [0.25, 0.3) is 0 Å². The molecular weight excluding hydrogens is 334 g/mol. The van der Waals surface area contributed by atoms with Crippen LogP contribution in [0.4, 0.5) is 0 Å². The first-order chi connectivity index (χ1) is 12.5. The Hall–Kier alpha value is -2.86. The van der Waals surface area contributed by atoms with Gasteiger partial charge in [-0.05, 0) is 23.8 Å². The van der Waals surface area contributed by atoms with Crippen molar-refractivity contribution >= 4 is 11.9 Å². The average Bonchev–Trinajstić information content (AvgIpc) is 3.09. The molecule has 2 N–H and O–H groups in total. The fraction of sp³-hybridized carbons (Fsp3) is 0.300. The number of ether oxygens (including phenoxy) is 1. The normalized spacial score (nSPS) is 23.7. The molecule has 1 saturated heterocycles. The number of hydrogen-bond donors (Lipinski definition) is 2. The van der Waals surface area contributed by atoms with E-state index in [-0.39, 0.29) is 31.6 Å². The van der Waals surface area contributed by atoms with Gasteiger partial charge in [-0.1, -0.05) is 30.3 Å². The van der Waals surface area contributed by atoms with Crippen molar-refractivity contribution in [1.29, 1.82) is 0 Å². The molecule has 0 bridgehead atoms. The van der Waals surface area contributed by atoms with Gasteiger partial charge < -0.3 is 19.8 Å². The second kappa shape index (κ2) is 6.14. The summed E-state index contributed by atoms with van der Waals surface area (Å²) in [5.74, 6) is -0.758. The van der Waals surface area contributed by atoms with Gasteiger partial charge in [-0.25, -0.2) is 0 Å². The Kier molecular flexibility index (Phi) is 3.92. The minimum atomic E-state index is -1.13. The number of para-hydroxylation sites is 1. The Morgan fingerprint density at radius 2 is 1.88 bits per heavy atom. The molecule has 6 heteroatoms. The van der Waals surface area contributed by atoms with E-state index in [1.165, 1.54) is 0 Å². The maximum absolute atomic E-state index is 12.9. The van der Waals surface area contributed by atoms with Crippen LogP contribution in [0.5, 0.6) is 5.75 Å². The lowest BCUT2D eigenvalue weighted by Crippen LogP contribution is -2.46. The molecule has 26 heavy (non-hydrogen) atoms. The smallest absolute Gasteiger partial charge is 0.315 e. The highest BCUT2D eigenvalue weighted by Gasteiger charge is 2.57. The number of benzene rings is 2. The Labute approximate surface area is 150 Å². The zero-order valence-corrected chi connectivity index (χ0v) is 14.1. The number of nitrogens with zero attached hydrogens (tertiary/aromatic N) is 1. The molecule has 0 radical (unpaired) electrons. The Morgan fingerprint density at radius 3 is 2.58 bits per heavy atom. The zero-order valence-electron chi connectivity index (χ0n) is 14.1. The van der Waals surface area contributed by atoms with Gasteiger partial charge >= 0.3 is 5.97 Å². The number of carbonyl (C=O) groups excluding carboxylic acids is 1. The van der Waals surface area contributed by atoms with Gasteiger partial charge in [0.1, 0.15) is 17.8 Å². The molecule has 2 aliphatic heterocycles. The van der Waals surface area contributed by atoms with Crippen molar-refractivity contribution in [1.82, 2.24) is 4.90 Å². The standard InChI is InChI=1S/C20H19NO5/c22-10-13-5-7-14(8-6-13)18(23)21-9-16-15-3-1-2-4-17(15)26-12-20(16,11-21)19(24)25/h1-8,16,22H,9-12H2,(H,24,25)/t16?,20-/m1/s1. The first kappa shape index (κ1) is 16.6. The molecule has 2 aromatic carbocycles. The first-order valence-corrected chi connectivity index (χ1v) is 8.49. The van der Waals surface area contributed by atoms with E-state index in [1.54, 1.807) is 29.2 Å². The summed E-state index contributed by atoms with van der Waals surface area (Å²) in [6, 6.07) is 14.1. The predicted molar refractivity (Wildman–Crippen MR) is 93.0 cm³/mol. The van der Waals surface area contributed by atoms with Crippen molar-refractivity contribution < 1.29 is 24.5 Å². The van der Waals surface area contributed by atoms with Crippen molar-refractivity contribution in [2.75, 3.05) is 19.7 Å². The topological polar surface area (TPSA) is 87.1 Å². The number of hydrogen-bond acceptors (Lipinski definition) is 4. The van der Waals surface area contributed by atoms with Gasteiger partial charge in [-0.15, -0.1) is 0 Å². The Morgan fingerprint density at radius 1 is 1.15 bits per heavy atom. The maximum Gasteiger partial charge on any atom is 0.315 e. The summed E-state index contributed by atoms with van der Waals surface area (Å²) in [6.07, 6.45) is 0. The van der Waals surface area contributed by atoms with Crippen LogP contribution in [0, 0.1) is 5.41 Å². The molecule has 1 fully saturated rings. The number of aliphatic hydroxyl groups excluding tert-OH is 1. The van der Waals surface area contributed by atoms with E-state index in [0.717, 1.165) is 11.1 Å². The molecule has 1 unspecified atom stereocenters. The SMILES string of the molecule is O=C(c1ccc(CO)cc1)N1CC2c3ccccc3OC[C@]2(C(=O)O)C1. The summed E-state index contributed by atoms with van der Waals surface area (Å²) < 4.78 is 5.72. The number of aliphatic hydroxyl groups is 1. The van der Waals surface area contributed by atoms with Crippen molar-refractivity contribution in [2.45, 2.75) is 12.5 Å². The summed E-state index contributed by atoms with van der Waals surface area (Å²) in [5.41, 5.74) is 0.915. The van der Waals surface area contributed by atoms with Gasteiger partial charge in [0.25, 0.3) is 5.91 Å². The molecule has 6 nitrogen and oxygen atoms in total. The minimum absolute atomic E-state index is 0.0528. The van der Waals surface area contributed by atoms with Gasteiger partial charge in [0.15, 0.2) is 0 Å². The Bertz CT molecular complexity index is 863. The monoisotopic (exact) mass is 353 g/mol. The third-order valence-electron chi connectivity index (χ3n) is 5.42. The Balaban J connectivity index is 1.67. The predicted octanol–water partition coefficient (Wildman–Crippen LogP) is 1.88. The number of aliphatic carboxylic acids is 1. The van der Waals surface area contributed by atoms with Gasteiger partial charge in [-0.3, -0.25) is 9.59 Å². The maximum atomic E-state index is 12.9. The highest BCUT2D eigenvalue weighted by atomic mass is 16.5. The van der Waals surface area contributed by atoms with E-state index >= 15 is 0 Å². The molecule has 0 saturated carbocycles. The van der Waals surface area contributed by atoms with Crippen LogP contribution in [-0.4, -0.2) is 46.7 Å². The summed E-state index contributed by atoms with van der Waals surface area (Å²) in [7, 11) is 0. The van der Waals surface area contributed by atoms with Gasteiger partial charge in [0.2, 0.25) is 0 Å². The van der Waals surface area contributed by atoms with E-state index < -0.39 is 11.4 Å². The molecule has 2 heterocycles. The highest BCUT2D eigenvalue weighted by Crippen LogP contribution is 2.49. The van der Waals surface area contributed by atoms with Crippen LogP contribution in [0.2, 0.25) is 0 Å². The van der Waals surface area contributed by atoms with E-state index in [4.69, 9.17) is 9.84 Å². The highest BCUT2D eigenvalue weighted by molar-refractivity contribution is 5.95. The second-order valence-corrected chi connectivity index (χ2v) is 6.88. The molecule has 2 atom stereocenters. The third-order valence-corrected chi connectivity index (χ3v) is 5.42. The number of rotatable bonds is 3. The number of amides is 1. The lowest BCUT2D eigenvalue weighted by atomic mass is 9.73. The van der Waals surface area contributed by atoms with Crippen LogP contribution in [-0.2, 0) is 11.4 Å². The number of carboxylic acid groups (broad SMARTS) is 1. The zero-order chi connectivity index (χ0) is 18.3. The third kappa shape index (κ3) is 2.45. The summed E-state index contributed by atoms with van der Waals surface area (Å²) >= 11 is 0. The second-order valence-electron chi connectivity index (χ2n) is 6.88. The molecule has 2 aromatic rings. The van der Waals surface area contributed by atoms with Gasteiger partial charge in [0.05, 0.1) is 6.61 Å². The van der Waals surface area contributed by atoms with Crippen molar-refractivity contribution in [2.24, 2.45) is 5.41 Å². The molecule has 0 aliphatic carbocycles. The molecule has 1 amide bonds. The minimum Gasteiger partial charge on any atom is -0.492 e.